The first-order valence-corrected chi connectivity index (χ1v) is 5.71. The first kappa shape index (κ1) is 13.9. The highest BCUT2D eigenvalue weighted by atomic mass is 19.1. The van der Waals surface area contributed by atoms with Gasteiger partial charge in [0.25, 0.3) is 5.91 Å². The van der Waals surface area contributed by atoms with Crippen molar-refractivity contribution in [3.63, 3.8) is 0 Å². The average Bonchev–Trinajstić information content (AvgIpc) is 2.38. The van der Waals surface area contributed by atoms with Crippen molar-refractivity contribution in [2.45, 2.75) is 6.92 Å². The normalized spacial score (nSPS) is 10.4. The summed E-state index contributed by atoms with van der Waals surface area (Å²) in [6.07, 6.45) is 0. The number of carbonyl (C=O) groups excluding carboxylic acids is 1. The summed E-state index contributed by atoms with van der Waals surface area (Å²) in [4.78, 5) is 11.9. The Morgan fingerprint density at radius 1 is 1.15 bits per heavy atom. The second-order valence-corrected chi connectivity index (χ2v) is 4.24. The molecule has 0 saturated heterocycles. The van der Waals surface area contributed by atoms with Gasteiger partial charge in [0.15, 0.2) is 0 Å². The number of hydrogen-bond acceptors (Lipinski definition) is 2. The number of rotatable bonds is 2. The SMILES string of the molecule is Cc1ccc(F)c(C(=O)Nc2ccc(F)cc2N)c1F. The molecule has 0 heterocycles. The van der Waals surface area contributed by atoms with E-state index in [4.69, 9.17) is 5.73 Å². The molecule has 0 unspecified atom stereocenters. The lowest BCUT2D eigenvalue weighted by Crippen LogP contribution is -2.17. The van der Waals surface area contributed by atoms with Crippen LogP contribution in [-0.2, 0) is 0 Å². The summed E-state index contributed by atoms with van der Waals surface area (Å²) in [5.41, 5.74) is 5.00. The average molecular weight is 280 g/mol. The number of nitrogen functional groups attached to an aromatic ring is 1. The van der Waals surface area contributed by atoms with Crippen LogP contribution in [-0.4, -0.2) is 5.91 Å². The van der Waals surface area contributed by atoms with Crippen LogP contribution in [0.15, 0.2) is 30.3 Å². The molecule has 2 rings (SSSR count). The van der Waals surface area contributed by atoms with Crippen molar-refractivity contribution in [1.82, 2.24) is 0 Å². The maximum absolute atomic E-state index is 13.8. The van der Waals surface area contributed by atoms with Crippen molar-refractivity contribution in [2.24, 2.45) is 0 Å². The number of anilines is 2. The van der Waals surface area contributed by atoms with E-state index in [1.54, 1.807) is 0 Å². The Hall–Kier alpha value is -2.50. The van der Waals surface area contributed by atoms with Gasteiger partial charge in [0, 0.05) is 0 Å². The van der Waals surface area contributed by atoms with Crippen molar-refractivity contribution < 1.29 is 18.0 Å². The van der Waals surface area contributed by atoms with E-state index in [9.17, 15) is 18.0 Å². The van der Waals surface area contributed by atoms with Crippen molar-refractivity contribution in [3.05, 3.63) is 58.9 Å². The summed E-state index contributed by atoms with van der Waals surface area (Å²) in [7, 11) is 0. The van der Waals surface area contributed by atoms with Gasteiger partial charge >= 0.3 is 0 Å². The molecule has 6 heteroatoms. The molecule has 1 amide bonds. The fourth-order valence-electron chi connectivity index (χ4n) is 1.70. The predicted octanol–water partition coefficient (Wildman–Crippen LogP) is 3.25. The van der Waals surface area contributed by atoms with Crippen LogP contribution in [0.5, 0.6) is 0 Å². The summed E-state index contributed by atoms with van der Waals surface area (Å²) in [5, 5.41) is 2.25. The van der Waals surface area contributed by atoms with E-state index < -0.39 is 28.9 Å². The van der Waals surface area contributed by atoms with Gasteiger partial charge in [-0.15, -0.1) is 0 Å². The first-order valence-electron chi connectivity index (χ1n) is 5.71. The van der Waals surface area contributed by atoms with Gasteiger partial charge in [-0.2, -0.15) is 0 Å². The van der Waals surface area contributed by atoms with Gasteiger partial charge in [0.05, 0.1) is 11.4 Å². The Bertz CT molecular complexity index is 686. The van der Waals surface area contributed by atoms with Gasteiger partial charge in [0.1, 0.15) is 23.0 Å². The Kier molecular flexibility index (Phi) is 3.65. The second-order valence-electron chi connectivity index (χ2n) is 4.24. The second kappa shape index (κ2) is 5.24. The lowest BCUT2D eigenvalue weighted by molar-refractivity contribution is 0.101. The van der Waals surface area contributed by atoms with Gasteiger partial charge in [-0.3, -0.25) is 4.79 Å². The van der Waals surface area contributed by atoms with Gasteiger partial charge in [-0.1, -0.05) is 6.07 Å². The highest BCUT2D eigenvalue weighted by Gasteiger charge is 2.19. The monoisotopic (exact) mass is 280 g/mol. The minimum Gasteiger partial charge on any atom is -0.397 e. The summed E-state index contributed by atoms with van der Waals surface area (Å²) < 4.78 is 40.2. The molecule has 0 aliphatic rings. The lowest BCUT2D eigenvalue weighted by atomic mass is 10.1. The molecule has 2 aromatic rings. The number of nitrogens with one attached hydrogen (secondary N) is 1. The Morgan fingerprint density at radius 3 is 2.50 bits per heavy atom. The molecule has 0 aromatic heterocycles. The lowest BCUT2D eigenvalue weighted by Gasteiger charge is -2.10. The van der Waals surface area contributed by atoms with E-state index in [2.05, 4.69) is 5.32 Å². The molecule has 2 aromatic carbocycles. The van der Waals surface area contributed by atoms with E-state index in [0.717, 1.165) is 18.2 Å². The molecule has 104 valence electrons. The quantitative estimate of drug-likeness (QED) is 0.830. The third-order valence-electron chi connectivity index (χ3n) is 2.77. The molecule has 0 fully saturated rings. The van der Waals surface area contributed by atoms with Crippen LogP contribution >= 0.6 is 0 Å². The molecule has 0 spiro atoms. The third kappa shape index (κ3) is 2.59. The number of carbonyl (C=O) groups is 1. The number of amides is 1. The predicted molar refractivity (Wildman–Crippen MR) is 69.9 cm³/mol. The highest BCUT2D eigenvalue weighted by Crippen LogP contribution is 2.22. The standard InChI is InChI=1S/C14H11F3N2O/c1-7-2-4-9(16)12(13(7)17)14(20)19-11-5-3-8(15)6-10(11)18/h2-6H,18H2,1H3,(H,19,20). The Labute approximate surface area is 113 Å². The van der Waals surface area contributed by atoms with Crippen molar-refractivity contribution in [2.75, 3.05) is 11.1 Å². The molecule has 20 heavy (non-hydrogen) atoms. The van der Waals surface area contributed by atoms with Gasteiger partial charge in [-0.25, -0.2) is 13.2 Å². The minimum atomic E-state index is -0.984. The fourth-order valence-corrected chi connectivity index (χ4v) is 1.70. The van der Waals surface area contributed by atoms with Gasteiger partial charge < -0.3 is 11.1 Å². The zero-order chi connectivity index (χ0) is 14.9. The number of halogens is 3. The summed E-state index contributed by atoms with van der Waals surface area (Å²) in [6, 6.07) is 5.52. The summed E-state index contributed by atoms with van der Waals surface area (Å²) >= 11 is 0. The van der Waals surface area contributed by atoms with Crippen LogP contribution in [0.25, 0.3) is 0 Å². The molecular formula is C14H11F3N2O. The number of hydrogen-bond donors (Lipinski definition) is 2. The van der Waals surface area contributed by atoms with Crippen LogP contribution in [0.4, 0.5) is 24.5 Å². The Morgan fingerprint density at radius 2 is 1.85 bits per heavy atom. The van der Waals surface area contributed by atoms with Crippen LogP contribution in [0.1, 0.15) is 15.9 Å². The number of benzene rings is 2. The maximum Gasteiger partial charge on any atom is 0.261 e. The molecule has 0 aliphatic carbocycles. The molecule has 0 saturated carbocycles. The molecule has 0 aliphatic heterocycles. The fraction of sp³-hybridized carbons (Fsp3) is 0.0714. The van der Waals surface area contributed by atoms with Crippen molar-refractivity contribution in [3.8, 4) is 0 Å². The zero-order valence-electron chi connectivity index (χ0n) is 10.5. The van der Waals surface area contributed by atoms with E-state index >= 15 is 0 Å². The Balaban J connectivity index is 2.36. The van der Waals surface area contributed by atoms with Crippen molar-refractivity contribution in [1.29, 1.82) is 0 Å². The minimum absolute atomic E-state index is 0.0354. The van der Waals surface area contributed by atoms with Crippen LogP contribution in [0, 0.1) is 24.4 Å². The van der Waals surface area contributed by atoms with Crippen molar-refractivity contribution >= 4 is 17.3 Å². The molecular weight excluding hydrogens is 269 g/mol. The van der Waals surface area contributed by atoms with Crippen LogP contribution in [0.2, 0.25) is 0 Å². The van der Waals surface area contributed by atoms with Gasteiger partial charge in [-0.05, 0) is 36.8 Å². The van der Waals surface area contributed by atoms with E-state index in [1.807, 2.05) is 0 Å². The zero-order valence-corrected chi connectivity index (χ0v) is 10.5. The van der Waals surface area contributed by atoms with Crippen LogP contribution in [0.3, 0.4) is 0 Å². The molecule has 0 atom stereocenters. The third-order valence-corrected chi connectivity index (χ3v) is 2.77. The smallest absolute Gasteiger partial charge is 0.261 e. The van der Waals surface area contributed by atoms with E-state index in [-0.39, 0.29) is 16.9 Å². The maximum atomic E-state index is 13.8. The largest absolute Gasteiger partial charge is 0.397 e. The molecule has 3 N–H and O–H groups in total. The van der Waals surface area contributed by atoms with E-state index in [0.29, 0.717) is 0 Å². The summed E-state index contributed by atoms with van der Waals surface area (Å²) in [6.45, 7) is 1.41. The van der Waals surface area contributed by atoms with Crippen LogP contribution < -0.4 is 11.1 Å². The summed E-state index contributed by atoms with van der Waals surface area (Å²) in [5.74, 6) is -3.48. The molecule has 3 nitrogen and oxygen atoms in total. The first-order chi connectivity index (χ1) is 9.40. The highest BCUT2D eigenvalue weighted by molar-refractivity contribution is 6.06. The molecule has 0 bridgehead atoms. The van der Waals surface area contributed by atoms with E-state index in [1.165, 1.54) is 19.1 Å². The number of aryl methyl sites for hydroxylation is 1. The number of nitrogens with two attached hydrogens (primary N) is 1. The topological polar surface area (TPSA) is 55.1 Å². The molecule has 0 radical (unpaired) electrons. The van der Waals surface area contributed by atoms with Gasteiger partial charge in [0.2, 0.25) is 0 Å².